The molecule has 0 bridgehead atoms. The number of carbonyl (C=O) groups is 2. The summed E-state index contributed by atoms with van der Waals surface area (Å²) in [6.45, 7) is 0. The Morgan fingerprint density at radius 1 is 1.00 bits per heavy atom. The molecule has 0 atom stereocenters. The first-order valence-electron chi connectivity index (χ1n) is 7.98. The highest BCUT2D eigenvalue weighted by Crippen LogP contribution is 2.28. The van der Waals surface area contributed by atoms with Crippen LogP contribution in [0.5, 0.6) is 11.5 Å². The first kappa shape index (κ1) is 19.1. The van der Waals surface area contributed by atoms with E-state index in [4.69, 9.17) is 9.47 Å². The van der Waals surface area contributed by atoms with E-state index in [-0.39, 0.29) is 11.8 Å². The number of rotatable bonds is 6. The quantitative estimate of drug-likeness (QED) is 0.810. The second-order valence-electron chi connectivity index (χ2n) is 5.68. The lowest BCUT2D eigenvalue weighted by molar-refractivity contribution is -0.111. The molecule has 0 saturated carbocycles. The summed E-state index contributed by atoms with van der Waals surface area (Å²) in [4.78, 5) is 25.9. The van der Waals surface area contributed by atoms with E-state index in [1.54, 1.807) is 70.8 Å². The fourth-order valence-electron chi connectivity index (χ4n) is 2.32. The standard InChI is InChI=1S/C20H22N2O4/c1-22(2)20(24)15-7-5-6-8-16(15)21-19(23)12-10-14-9-11-17(25-3)18(13-14)26-4/h5-13H,1-4H3,(H,21,23)/b12-10+. The Labute approximate surface area is 153 Å². The van der Waals surface area contributed by atoms with Gasteiger partial charge in [0.05, 0.1) is 25.5 Å². The van der Waals surface area contributed by atoms with Crippen LogP contribution >= 0.6 is 0 Å². The van der Waals surface area contributed by atoms with E-state index in [1.807, 2.05) is 6.07 Å². The molecule has 2 amide bonds. The smallest absolute Gasteiger partial charge is 0.255 e. The molecule has 0 aromatic heterocycles. The molecule has 0 heterocycles. The highest BCUT2D eigenvalue weighted by atomic mass is 16.5. The third kappa shape index (κ3) is 4.63. The van der Waals surface area contributed by atoms with Crippen molar-refractivity contribution in [2.75, 3.05) is 33.6 Å². The Morgan fingerprint density at radius 3 is 2.35 bits per heavy atom. The minimum absolute atomic E-state index is 0.176. The summed E-state index contributed by atoms with van der Waals surface area (Å²) in [6.07, 6.45) is 3.06. The van der Waals surface area contributed by atoms with Gasteiger partial charge in [-0.1, -0.05) is 18.2 Å². The Bertz CT molecular complexity index is 828. The van der Waals surface area contributed by atoms with Crippen LogP contribution in [0.4, 0.5) is 5.69 Å². The molecule has 0 aliphatic carbocycles. The molecule has 1 N–H and O–H groups in total. The van der Waals surface area contributed by atoms with Crippen molar-refractivity contribution in [3.05, 3.63) is 59.7 Å². The van der Waals surface area contributed by atoms with E-state index in [2.05, 4.69) is 5.32 Å². The number of para-hydroxylation sites is 1. The van der Waals surface area contributed by atoms with Gasteiger partial charge in [0.25, 0.3) is 5.91 Å². The van der Waals surface area contributed by atoms with Crippen molar-refractivity contribution in [2.24, 2.45) is 0 Å². The number of hydrogen-bond donors (Lipinski definition) is 1. The lowest BCUT2D eigenvalue weighted by atomic mass is 10.1. The molecule has 6 heteroatoms. The van der Waals surface area contributed by atoms with Crippen molar-refractivity contribution in [1.82, 2.24) is 4.90 Å². The van der Waals surface area contributed by atoms with E-state index in [1.165, 1.54) is 11.0 Å². The van der Waals surface area contributed by atoms with Gasteiger partial charge >= 0.3 is 0 Å². The van der Waals surface area contributed by atoms with Crippen molar-refractivity contribution in [3.8, 4) is 11.5 Å². The van der Waals surface area contributed by atoms with Gasteiger partial charge in [0, 0.05) is 20.2 Å². The summed E-state index contributed by atoms with van der Waals surface area (Å²) in [6, 6.07) is 12.2. The van der Waals surface area contributed by atoms with Crippen LogP contribution in [0, 0.1) is 0 Å². The van der Waals surface area contributed by atoms with Crippen LogP contribution in [-0.2, 0) is 4.79 Å². The normalized spacial score (nSPS) is 10.5. The summed E-state index contributed by atoms with van der Waals surface area (Å²) in [5.74, 6) is 0.686. The summed E-state index contributed by atoms with van der Waals surface area (Å²) >= 11 is 0. The molecule has 0 aliphatic heterocycles. The number of benzene rings is 2. The summed E-state index contributed by atoms with van der Waals surface area (Å²) in [5.41, 5.74) is 1.69. The average molecular weight is 354 g/mol. The van der Waals surface area contributed by atoms with E-state index < -0.39 is 0 Å². The number of methoxy groups -OCH3 is 2. The number of hydrogen-bond acceptors (Lipinski definition) is 4. The number of nitrogens with zero attached hydrogens (tertiary/aromatic N) is 1. The second-order valence-corrected chi connectivity index (χ2v) is 5.68. The highest BCUT2D eigenvalue weighted by molar-refractivity contribution is 6.07. The number of anilines is 1. The molecular formula is C20H22N2O4. The zero-order valence-corrected chi connectivity index (χ0v) is 15.3. The van der Waals surface area contributed by atoms with Gasteiger partial charge in [0.15, 0.2) is 11.5 Å². The van der Waals surface area contributed by atoms with Crippen molar-refractivity contribution in [2.45, 2.75) is 0 Å². The van der Waals surface area contributed by atoms with Crippen LogP contribution in [-0.4, -0.2) is 45.0 Å². The average Bonchev–Trinajstić information content (AvgIpc) is 2.65. The van der Waals surface area contributed by atoms with Crippen LogP contribution in [0.2, 0.25) is 0 Å². The number of carbonyl (C=O) groups excluding carboxylic acids is 2. The SMILES string of the molecule is COc1ccc(/C=C/C(=O)Nc2ccccc2C(=O)N(C)C)cc1OC. The van der Waals surface area contributed by atoms with Gasteiger partial charge in [-0.05, 0) is 35.9 Å². The minimum atomic E-state index is -0.334. The van der Waals surface area contributed by atoms with Crippen LogP contribution in [0.15, 0.2) is 48.5 Å². The third-order valence-corrected chi connectivity index (χ3v) is 3.66. The molecule has 2 aromatic carbocycles. The van der Waals surface area contributed by atoms with Crippen molar-refractivity contribution < 1.29 is 19.1 Å². The maximum Gasteiger partial charge on any atom is 0.255 e. The molecule has 6 nitrogen and oxygen atoms in total. The molecule has 0 radical (unpaired) electrons. The van der Waals surface area contributed by atoms with Crippen molar-refractivity contribution in [3.63, 3.8) is 0 Å². The van der Waals surface area contributed by atoms with Crippen LogP contribution in [0.1, 0.15) is 15.9 Å². The van der Waals surface area contributed by atoms with Gasteiger partial charge in [0.1, 0.15) is 0 Å². The zero-order chi connectivity index (χ0) is 19.1. The number of amides is 2. The van der Waals surface area contributed by atoms with Gasteiger partial charge < -0.3 is 19.7 Å². The fourth-order valence-corrected chi connectivity index (χ4v) is 2.32. The van der Waals surface area contributed by atoms with Crippen LogP contribution in [0.25, 0.3) is 6.08 Å². The van der Waals surface area contributed by atoms with Crippen LogP contribution in [0.3, 0.4) is 0 Å². The van der Waals surface area contributed by atoms with E-state index in [0.29, 0.717) is 22.7 Å². The molecule has 26 heavy (non-hydrogen) atoms. The molecule has 136 valence electrons. The predicted octanol–water partition coefficient (Wildman–Crippen LogP) is 3.06. The maximum absolute atomic E-state index is 12.2. The van der Waals surface area contributed by atoms with Gasteiger partial charge in [-0.15, -0.1) is 0 Å². The topological polar surface area (TPSA) is 67.9 Å². The van der Waals surface area contributed by atoms with E-state index in [0.717, 1.165) is 5.56 Å². The summed E-state index contributed by atoms with van der Waals surface area (Å²) in [5, 5.41) is 2.74. The molecule has 0 saturated heterocycles. The molecule has 2 rings (SSSR count). The van der Waals surface area contributed by atoms with E-state index in [9.17, 15) is 9.59 Å². The molecule has 0 aliphatic rings. The molecule has 0 unspecified atom stereocenters. The van der Waals surface area contributed by atoms with Gasteiger partial charge in [-0.25, -0.2) is 0 Å². The van der Waals surface area contributed by atoms with Crippen molar-refractivity contribution in [1.29, 1.82) is 0 Å². The maximum atomic E-state index is 12.2. The Balaban J connectivity index is 2.15. The number of ether oxygens (including phenoxy) is 2. The van der Waals surface area contributed by atoms with Gasteiger partial charge in [-0.3, -0.25) is 9.59 Å². The zero-order valence-electron chi connectivity index (χ0n) is 15.3. The van der Waals surface area contributed by atoms with E-state index >= 15 is 0 Å². The monoisotopic (exact) mass is 354 g/mol. The fraction of sp³-hybridized carbons (Fsp3) is 0.200. The van der Waals surface area contributed by atoms with Crippen molar-refractivity contribution >= 4 is 23.6 Å². The Morgan fingerprint density at radius 2 is 1.69 bits per heavy atom. The minimum Gasteiger partial charge on any atom is -0.493 e. The van der Waals surface area contributed by atoms with Gasteiger partial charge in [0.2, 0.25) is 5.91 Å². The first-order chi connectivity index (χ1) is 12.5. The first-order valence-corrected chi connectivity index (χ1v) is 7.98. The lowest BCUT2D eigenvalue weighted by Crippen LogP contribution is -2.23. The molecule has 0 fully saturated rings. The Kier molecular flexibility index (Phi) is 6.38. The number of nitrogens with one attached hydrogen (secondary N) is 1. The van der Waals surface area contributed by atoms with Crippen LogP contribution < -0.4 is 14.8 Å². The summed E-state index contributed by atoms with van der Waals surface area (Å²) in [7, 11) is 6.44. The lowest BCUT2D eigenvalue weighted by Gasteiger charge is -2.14. The third-order valence-electron chi connectivity index (χ3n) is 3.66. The van der Waals surface area contributed by atoms with Gasteiger partial charge in [-0.2, -0.15) is 0 Å². The predicted molar refractivity (Wildman–Crippen MR) is 102 cm³/mol. The Hall–Kier alpha value is -3.28. The molecule has 0 spiro atoms. The largest absolute Gasteiger partial charge is 0.493 e. The molecule has 2 aromatic rings. The molecular weight excluding hydrogens is 332 g/mol. The highest BCUT2D eigenvalue weighted by Gasteiger charge is 2.13. The second kappa shape index (κ2) is 8.71. The summed E-state index contributed by atoms with van der Waals surface area (Å²) < 4.78 is 10.4.